The number of hydrogen-bond acceptors (Lipinski definition) is 6. The van der Waals surface area contributed by atoms with E-state index in [0.29, 0.717) is 47.4 Å². The standard InChI is InChI=1S/C28H22Cl2FN5O3/c29-20-12-16(4-6-21(20)31)27-26(15-5-7-22-17(10-15)11-18(13-33-22)39-9-8-32)35-24(36-27)14-34-23-3-1-2-19(25(23)30)28(37)38/h1-7,10-13,34H,8-9,14,32H2,(H,35,36)(H,37,38). The van der Waals surface area contributed by atoms with Crippen molar-refractivity contribution < 1.29 is 19.0 Å². The zero-order chi connectivity index (χ0) is 27.5. The number of aromatic amines is 1. The lowest BCUT2D eigenvalue weighted by Crippen LogP contribution is -2.10. The minimum atomic E-state index is -1.12. The number of nitrogens with zero attached hydrogens (tertiary/aromatic N) is 2. The maximum absolute atomic E-state index is 13.9. The lowest BCUT2D eigenvalue weighted by molar-refractivity contribution is 0.0697. The summed E-state index contributed by atoms with van der Waals surface area (Å²) in [6, 6.07) is 16.7. The molecular formula is C28H22Cl2FN5O3. The first kappa shape index (κ1) is 26.4. The Morgan fingerprint density at radius 2 is 1.92 bits per heavy atom. The van der Waals surface area contributed by atoms with Crippen LogP contribution in [0.2, 0.25) is 10.0 Å². The van der Waals surface area contributed by atoms with Gasteiger partial charge in [0, 0.05) is 23.1 Å². The van der Waals surface area contributed by atoms with Crippen LogP contribution in [0, 0.1) is 5.82 Å². The summed E-state index contributed by atoms with van der Waals surface area (Å²) in [5, 5.41) is 13.4. The van der Waals surface area contributed by atoms with Crippen LogP contribution in [0.5, 0.6) is 5.75 Å². The number of benzene rings is 3. The SMILES string of the molecule is NCCOc1cnc2ccc(-c3[nH]c(CNc4cccc(C(=O)O)c4Cl)nc3-c3ccc(F)c(Cl)c3)cc2c1. The molecule has 2 aromatic heterocycles. The van der Waals surface area contributed by atoms with Gasteiger partial charge in [0.25, 0.3) is 0 Å². The Balaban J connectivity index is 1.54. The fourth-order valence-corrected chi connectivity index (χ4v) is 4.56. The van der Waals surface area contributed by atoms with Gasteiger partial charge in [0.2, 0.25) is 0 Å². The van der Waals surface area contributed by atoms with Gasteiger partial charge >= 0.3 is 5.97 Å². The number of hydrogen-bond donors (Lipinski definition) is 4. The second-order valence-electron chi connectivity index (χ2n) is 8.58. The molecule has 0 radical (unpaired) electrons. The van der Waals surface area contributed by atoms with Gasteiger partial charge in [0.05, 0.1) is 50.9 Å². The van der Waals surface area contributed by atoms with Crippen LogP contribution in [-0.2, 0) is 6.54 Å². The summed E-state index contributed by atoms with van der Waals surface area (Å²) in [5.41, 5.74) is 9.41. The van der Waals surface area contributed by atoms with Crippen LogP contribution in [0.4, 0.5) is 10.1 Å². The summed E-state index contributed by atoms with van der Waals surface area (Å²) in [5.74, 6) is -0.517. The molecule has 5 N–H and O–H groups in total. The van der Waals surface area contributed by atoms with E-state index in [9.17, 15) is 14.3 Å². The van der Waals surface area contributed by atoms with Crippen molar-refractivity contribution in [2.45, 2.75) is 6.54 Å². The van der Waals surface area contributed by atoms with Crippen LogP contribution in [0.1, 0.15) is 16.2 Å². The van der Waals surface area contributed by atoms with Gasteiger partial charge in [0.1, 0.15) is 24.0 Å². The molecule has 11 heteroatoms. The van der Waals surface area contributed by atoms with Crippen molar-refractivity contribution in [2.24, 2.45) is 5.73 Å². The van der Waals surface area contributed by atoms with Gasteiger partial charge in [-0.1, -0.05) is 35.3 Å². The number of nitrogens with two attached hydrogens (primary N) is 1. The number of aromatic carboxylic acids is 1. The molecule has 0 amide bonds. The smallest absolute Gasteiger partial charge is 0.337 e. The second-order valence-corrected chi connectivity index (χ2v) is 9.36. The molecule has 0 aliphatic carbocycles. The largest absolute Gasteiger partial charge is 0.491 e. The van der Waals surface area contributed by atoms with Crippen molar-refractivity contribution in [3.63, 3.8) is 0 Å². The number of ether oxygens (including phenoxy) is 1. The number of pyridine rings is 1. The highest BCUT2D eigenvalue weighted by atomic mass is 35.5. The molecule has 0 saturated heterocycles. The molecule has 0 aliphatic rings. The molecule has 0 fully saturated rings. The summed E-state index contributed by atoms with van der Waals surface area (Å²) in [7, 11) is 0. The molecule has 3 aromatic carbocycles. The first-order chi connectivity index (χ1) is 18.8. The van der Waals surface area contributed by atoms with Crippen LogP contribution >= 0.6 is 23.2 Å². The third-order valence-electron chi connectivity index (χ3n) is 5.95. The van der Waals surface area contributed by atoms with E-state index in [0.717, 1.165) is 16.5 Å². The first-order valence-electron chi connectivity index (χ1n) is 11.9. The van der Waals surface area contributed by atoms with E-state index in [-0.39, 0.29) is 22.2 Å². The van der Waals surface area contributed by atoms with Gasteiger partial charge < -0.3 is 25.9 Å². The molecule has 0 aliphatic heterocycles. The molecule has 0 spiro atoms. The number of carboxylic acid groups (broad SMARTS) is 1. The average molecular weight is 566 g/mol. The van der Waals surface area contributed by atoms with E-state index in [4.69, 9.17) is 38.7 Å². The monoisotopic (exact) mass is 565 g/mol. The molecule has 39 heavy (non-hydrogen) atoms. The third kappa shape index (κ3) is 5.65. The van der Waals surface area contributed by atoms with Crippen molar-refractivity contribution in [1.82, 2.24) is 15.0 Å². The van der Waals surface area contributed by atoms with E-state index in [1.54, 1.807) is 24.4 Å². The van der Waals surface area contributed by atoms with Crippen molar-refractivity contribution in [3.8, 4) is 28.3 Å². The lowest BCUT2D eigenvalue weighted by atomic mass is 10.0. The van der Waals surface area contributed by atoms with E-state index in [2.05, 4.69) is 15.3 Å². The van der Waals surface area contributed by atoms with Gasteiger partial charge in [-0.2, -0.15) is 0 Å². The molecule has 5 rings (SSSR count). The minimum Gasteiger partial charge on any atom is -0.491 e. The van der Waals surface area contributed by atoms with Crippen LogP contribution in [-0.4, -0.2) is 39.2 Å². The third-order valence-corrected chi connectivity index (χ3v) is 6.65. The molecular weight excluding hydrogens is 544 g/mol. The number of imidazole rings is 1. The van der Waals surface area contributed by atoms with Crippen LogP contribution in [0.15, 0.2) is 66.9 Å². The Bertz CT molecular complexity index is 1690. The molecule has 198 valence electrons. The Morgan fingerprint density at radius 1 is 1.10 bits per heavy atom. The molecule has 0 unspecified atom stereocenters. The summed E-state index contributed by atoms with van der Waals surface area (Å²) in [6.07, 6.45) is 1.65. The molecule has 8 nitrogen and oxygen atoms in total. The Labute approximate surface area is 232 Å². The van der Waals surface area contributed by atoms with Crippen LogP contribution in [0.25, 0.3) is 33.4 Å². The second kappa shape index (κ2) is 11.3. The van der Waals surface area contributed by atoms with Gasteiger partial charge in [-0.15, -0.1) is 0 Å². The van der Waals surface area contributed by atoms with E-state index in [1.807, 2.05) is 24.3 Å². The quantitative estimate of drug-likeness (QED) is 0.163. The molecule has 0 saturated carbocycles. The van der Waals surface area contributed by atoms with Crippen LogP contribution < -0.4 is 15.8 Å². The molecule has 0 bridgehead atoms. The highest BCUT2D eigenvalue weighted by Crippen LogP contribution is 2.34. The predicted octanol–water partition coefficient (Wildman–Crippen LogP) is 6.39. The number of fused-ring (bicyclic) bond motifs is 1. The normalized spacial score (nSPS) is 11.1. The number of carbonyl (C=O) groups is 1. The number of nitrogens with one attached hydrogen (secondary N) is 2. The van der Waals surface area contributed by atoms with Crippen molar-refractivity contribution in [3.05, 3.63) is 94.1 Å². The molecule has 5 aromatic rings. The Morgan fingerprint density at radius 3 is 2.69 bits per heavy atom. The van der Waals surface area contributed by atoms with Gasteiger partial charge in [-0.25, -0.2) is 14.2 Å². The van der Waals surface area contributed by atoms with E-state index >= 15 is 0 Å². The summed E-state index contributed by atoms with van der Waals surface area (Å²) in [4.78, 5) is 24.0. The number of H-pyrrole nitrogens is 1. The Kier molecular flexibility index (Phi) is 7.65. The maximum Gasteiger partial charge on any atom is 0.337 e. The summed E-state index contributed by atoms with van der Waals surface area (Å²) >= 11 is 12.4. The number of anilines is 1. The molecule has 2 heterocycles. The minimum absolute atomic E-state index is 0.0111. The number of halogens is 3. The lowest BCUT2D eigenvalue weighted by Gasteiger charge is -2.09. The highest BCUT2D eigenvalue weighted by Gasteiger charge is 2.18. The summed E-state index contributed by atoms with van der Waals surface area (Å²) < 4.78 is 19.6. The van der Waals surface area contributed by atoms with E-state index in [1.165, 1.54) is 18.2 Å². The zero-order valence-electron chi connectivity index (χ0n) is 20.3. The average Bonchev–Trinajstić information content (AvgIpc) is 3.36. The maximum atomic E-state index is 13.9. The summed E-state index contributed by atoms with van der Waals surface area (Å²) in [6.45, 7) is 0.966. The van der Waals surface area contributed by atoms with Crippen molar-refractivity contribution >= 4 is 45.8 Å². The fraction of sp³-hybridized carbons (Fsp3) is 0.107. The highest BCUT2D eigenvalue weighted by molar-refractivity contribution is 6.36. The predicted molar refractivity (Wildman–Crippen MR) is 150 cm³/mol. The topological polar surface area (TPSA) is 126 Å². The van der Waals surface area contributed by atoms with E-state index < -0.39 is 11.8 Å². The van der Waals surface area contributed by atoms with Gasteiger partial charge in [-0.05, 0) is 48.5 Å². The number of rotatable bonds is 9. The number of aromatic nitrogens is 3. The van der Waals surface area contributed by atoms with Crippen molar-refractivity contribution in [1.29, 1.82) is 0 Å². The van der Waals surface area contributed by atoms with Crippen LogP contribution in [0.3, 0.4) is 0 Å². The van der Waals surface area contributed by atoms with Gasteiger partial charge in [-0.3, -0.25) is 4.98 Å². The van der Waals surface area contributed by atoms with Crippen molar-refractivity contribution in [2.75, 3.05) is 18.5 Å². The molecule has 0 atom stereocenters. The fourth-order valence-electron chi connectivity index (χ4n) is 4.10. The zero-order valence-corrected chi connectivity index (χ0v) is 21.9. The number of carboxylic acids is 1. The van der Waals surface area contributed by atoms with Gasteiger partial charge in [0.15, 0.2) is 0 Å². The Hall–Kier alpha value is -4.18. The first-order valence-corrected chi connectivity index (χ1v) is 12.6.